The van der Waals surface area contributed by atoms with Gasteiger partial charge in [-0.05, 0) is 30.3 Å². The molecule has 3 amide bonds. The van der Waals surface area contributed by atoms with Gasteiger partial charge in [-0.1, -0.05) is 24.3 Å². The van der Waals surface area contributed by atoms with Crippen LogP contribution in [0.5, 0.6) is 5.75 Å². The van der Waals surface area contributed by atoms with Gasteiger partial charge in [-0.3, -0.25) is 9.78 Å². The number of carbonyl (C=O) groups is 2. The summed E-state index contributed by atoms with van der Waals surface area (Å²) in [6.45, 7) is 4.76. The van der Waals surface area contributed by atoms with Crippen LogP contribution in [0.1, 0.15) is 10.4 Å². The molecule has 1 fully saturated rings. The first-order valence-electron chi connectivity index (χ1n) is 10.6. The van der Waals surface area contributed by atoms with E-state index in [9.17, 15) is 14.1 Å². The summed E-state index contributed by atoms with van der Waals surface area (Å²) in [6.07, 6.45) is 3.25. The van der Waals surface area contributed by atoms with E-state index in [1.54, 1.807) is 41.4 Å². The van der Waals surface area contributed by atoms with Gasteiger partial charge >= 0.3 is 6.03 Å². The minimum atomic E-state index is -1.59. The Morgan fingerprint density at radius 2 is 2.06 bits per heavy atom. The number of carbonyl (C=O) groups excluding carboxylic acids is 2. The number of aromatic nitrogens is 1. The third-order valence-corrected chi connectivity index (χ3v) is 6.49. The third kappa shape index (κ3) is 5.08. The quantitative estimate of drug-likeness (QED) is 0.338. The van der Waals surface area contributed by atoms with Gasteiger partial charge in [-0.2, -0.15) is 4.72 Å². The maximum Gasteiger partial charge on any atom is 0.315 e. The number of para-hydroxylation sites is 1. The summed E-state index contributed by atoms with van der Waals surface area (Å²) in [4.78, 5) is 31.1. The fourth-order valence-corrected chi connectivity index (χ4v) is 4.64. The molecular formula is C24H25N5O4S. The lowest BCUT2D eigenvalue weighted by Gasteiger charge is -2.39. The van der Waals surface area contributed by atoms with Crippen LogP contribution in [0.15, 0.2) is 72.3 Å². The summed E-state index contributed by atoms with van der Waals surface area (Å²) in [5.74, 6) is 0.222. The van der Waals surface area contributed by atoms with E-state index in [1.165, 1.54) is 7.11 Å². The predicted octanol–water partition coefficient (Wildman–Crippen LogP) is 2.69. The molecule has 0 aliphatic carbocycles. The molecule has 176 valence electrons. The number of urea groups is 1. The Kier molecular flexibility index (Phi) is 7.19. The van der Waals surface area contributed by atoms with E-state index in [0.29, 0.717) is 47.0 Å². The Morgan fingerprint density at radius 3 is 2.82 bits per heavy atom. The molecule has 9 nitrogen and oxygen atoms in total. The number of pyridine rings is 1. The van der Waals surface area contributed by atoms with Crippen LogP contribution in [0.25, 0.3) is 10.9 Å². The van der Waals surface area contributed by atoms with Crippen molar-refractivity contribution < 1.29 is 18.9 Å². The second-order valence-corrected chi connectivity index (χ2v) is 8.85. The van der Waals surface area contributed by atoms with E-state index < -0.39 is 11.4 Å². The van der Waals surface area contributed by atoms with Gasteiger partial charge in [0.2, 0.25) is 4.90 Å². The zero-order chi connectivity index (χ0) is 24.1. The van der Waals surface area contributed by atoms with Crippen LogP contribution < -0.4 is 20.1 Å². The highest BCUT2D eigenvalue weighted by Crippen LogP contribution is 2.30. The molecule has 2 aromatic carbocycles. The van der Waals surface area contributed by atoms with E-state index in [2.05, 4.69) is 26.9 Å². The highest BCUT2D eigenvalue weighted by molar-refractivity contribution is 7.93. The summed E-state index contributed by atoms with van der Waals surface area (Å²) in [6, 6.07) is 13.8. The smallest absolute Gasteiger partial charge is 0.315 e. The number of likely N-dealkylation sites (tertiary alicyclic amines) is 1. The predicted molar refractivity (Wildman–Crippen MR) is 131 cm³/mol. The third-order valence-electron chi connectivity index (χ3n) is 5.36. The number of methoxy groups -OCH3 is 1. The topological polar surface area (TPSA) is 119 Å². The minimum Gasteiger partial charge on any atom is -0.588 e. The molecule has 34 heavy (non-hydrogen) atoms. The van der Waals surface area contributed by atoms with E-state index in [1.807, 2.05) is 24.3 Å². The number of anilines is 1. The van der Waals surface area contributed by atoms with Gasteiger partial charge in [0, 0.05) is 36.8 Å². The van der Waals surface area contributed by atoms with E-state index in [4.69, 9.17) is 4.74 Å². The number of ether oxygens (including phenoxy) is 1. The Hall–Kier alpha value is -3.76. The van der Waals surface area contributed by atoms with Crippen molar-refractivity contribution in [1.29, 1.82) is 0 Å². The summed E-state index contributed by atoms with van der Waals surface area (Å²) < 4.78 is 21.5. The monoisotopic (exact) mass is 479 g/mol. The average Bonchev–Trinajstić information content (AvgIpc) is 2.84. The van der Waals surface area contributed by atoms with Crippen LogP contribution in [0, 0.1) is 0 Å². The van der Waals surface area contributed by atoms with Crippen molar-refractivity contribution in [2.45, 2.75) is 10.9 Å². The van der Waals surface area contributed by atoms with Crippen LogP contribution in [0.2, 0.25) is 0 Å². The molecule has 3 aromatic rings. The molecule has 4 rings (SSSR count). The Morgan fingerprint density at radius 1 is 1.26 bits per heavy atom. The summed E-state index contributed by atoms with van der Waals surface area (Å²) in [7, 11) is 1.49. The normalized spacial score (nSPS) is 14.1. The van der Waals surface area contributed by atoms with Crippen LogP contribution >= 0.6 is 0 Å². The number of nitrogens with one attached hydrogen (secondary N) is 3. The van der Waals surface area contributed by atoms with Gasteiger partial charge in [0.25, 0.3) is 5.91 Å². The number of fused-ring (bicyclic) bond motifs is 1. The van der Waals surface area contributed by atoms with Crippen molar-refractivity contribution in [2.75, 3.05) is 31.5 Å². The van der Waals surface area contributed by atoms with Gasteiger partial charge in [-0.25, -0.2) is 4.79 Å². The number of hydrogen-bond donors (Lipinski definition) is 3. The summed E-state index contributed by atoms with van der Waals surface area (Å²) in [5, 5.41) is 6.34. The van der Waals surface area contributed by atoms with Gasteiger partial charge in [0.05, 0.1) is 13.2 Å². The molecule has 1 aliphatic rings. The zero-order valence-electron chi connectivity index (χ0n) is 18.6. The van der Waals surface area contributed by atoms with Gasteiger partial charge in [0.15, 0.2) is 0 Å². The molecule has 0 saturated carbocycles. The molecule has 0 spiro atoms. The fraction of sp³-hybridized carbons (Fsp3) is 0.208. The first-order valence-corrected chi connectivity index (χ1v) is 11.8. The number of benzene rings is 2. The van der Waals surface area contributed by atoms with Gasteiger partial charge in [0.1, 0.15) is 28.3 Å². The molecule has 1 aromatic heterocycles. The van der Waals surface area contributed by atoms with Crippen molar-refractivity contribution in [1.82, 2.24) is 20.5 Å². The number of rotatable bonds is 8. The van der Waals surface area contributed by atoms with Gasteiger partial charge < -0.3 is 24.8 Å². The minimum absolute atomic E-state index is 0.103. The van der Waals surface area contributed by atoms with Crippen molar-refractivity contribution in [3.05, 3.63) is 72.9 Å². The highest BCUT2D eigenvalue weighted by Gasteiger charge is 2.32. The molecular weight excluding hydrogens is 454 g/mol. The molecule has 1 aliphatic heterocycles. The average molecular weight is 480 g/mol. The van der Waals surface area contributed by atoms with Crippen LogP contribution in [0.4, 0.5) is 10.5 Å². The number of amides is 3. The molecule has 1 saturated heterocycles. The standard InChI is InChI=1S/C24H25N5O4S/c1-3-11-26-24(31)27-18-14-29(15-18)23(30)17-9-10-19(20(13-17)33-2)28-34(32)21-8-4-6-16-7-5-12-25-22(16)21/h3-10,12-13,18,28H,1,11,14-15H2,2H3,(H2,26,27,31). The number of nitrogens with zero attached hydrogens (tertiary/aromatic N) is 2. The van der Waals surface area contributed by atoms with Crippen LogP contribution in [-0.4, -0.2) is 59.2 Å². The SMILES string of the molecule is C=CCNC(=O)NC1CN(C(=O)c2ccc(N[S+]([O-])c3cccc4cccnc34)c(OC)c2)C1. The molecule has 1 unspecified atom stereocenters. The first-order chi connectivity index (χ1) is 16.5. The van der Waals surface area contributed by atoms with E-state index >= 15 is 0 Å². The Bertz CT molecular complexity index is 1210. The van der Waals surface area contributed by atoms with Crippen molar-refractivity contribution in [2.24, 2.45) is 0 Å². The lowest BCUT2D eigenvalue weighted by atomic mass is 10.1. The lowest BCUT2D eigenvalue weighted by molar-refractivity contribution is 0.0577. The molecule has 3 N–H and O–H groups in total. The van der Waals surface area contributed by atoms with Crippen molar-refractivity contribution in [3.63, 3.8) is 0 Å². The van der Waals surface area contributed by atoms with Crippen molar-refractivity contribution >= 4 is 39.9 Å². The highest BCUT2D eigenvalue weighted by atomic mass is 32.2. The maximum atomic E-state index is 13.1. The Balaban J connectivity index is 1.41. The fourth-order valence-electron chi connectivity index (χ4n) is 3.61. The first kappa shape index (κ1) is 23.4. The lowest BCUT2D eigenvalue weighted by Crippen LogP contribution is -2.62. The van der Waals surface area contributed by atoms with Gasteiger partial charge in [-0.15, -0.1) is 6.58 Å². The molecule has 1 atom stereocenters. The van der Waals surface area contributed by atoms with Crippen molar-refractivity contribution in [3.8, 4) is 5.75 Å². The number of hydrogen-bond acceptors (Lipinski definition) is 6. The Labute approximate surface area is 200 Å². The second-order valence-electron chi connectivity index (χ2n) is 7.67. The van der Waals surface area contributed by atoms with E-state index in [-0.39, 0.29) is 18.0 Å². The largest absolute Gasteiger partial charge is 0.588 e. The second kappa shape index (κ2) is 10.4. The molecule has 10 heteroatoms. The molecule has 0 radical (unpaired) electrons. The van der Waals surface area contributed by atoms with Crippen LogP contribution in [-0.2, 0) is 11.4 Å². The molecule has 0 bridgehead atoms. The summed E-state index contributed by atoms with van der Waals surface area (Å²) >= 11 is -1.59. The zero-order valence-corrected chi connectivity index (χ0v) is 19.4. The summed E-state index contributed by atoms with van der Waals surface area (Å²) in [5.41, 5.74) is 1.59. The van der Waals surface area contributed by atoms with E-state index in [0.717, 1.165) is 5.39 Å². The molecule has 2 heterocycles. The van der Waals surface area contributed by atoms with Crippen LogP contribution in [0.3, 0.4) is 0 Å². The maximum absolute atomic E-state index is 13.1.